The normalized spacial score (nSPS) is 16.7. The molecule has 1 heterocycles. The maximum Gasteiger partial charge on any atom is 0.294 e. The fourth-order valence-electron chi connectivity index (χ4n) is 2.28. The lowest BCUT2D eigenvalue weighted by Crippen LogP contribution is -2.35. The molecule has 7 heteroatoms. The molecule has 19 heavy (non-hydrogen) atoms. The van der Waals surface area contributed by atoms with Crippen molar-refractivity contribution in [1.82, 2.24) is 0 Å². The van der Waals surface area contributed by atoms with Crippen LogP contribution in [0, 0.1) is 21.8 Å². The van der Waals surface area contributed by atoms with Crippen LogP contribution in [0.3, 0.4) is 0 Å². The van der Waals surface area contributed by atoms with Crippen molar-refractivity contribution in [2.24, 2.45) is 5.92 Å². The highest BCUT2D eigenvalue weighted by Crippen LogP contribution is 2.35. The summed E-state index contributed by atoms with van der Waals surface area (Å²) in [5.41, 5.74) is 0.0668. The molecule has 2 rings (SSSR count). The zero-order chi connectivity index (χ0) is 14.0. The fourth-order valence-corrected chi connectivity index (χ4v) is 2.44. The van der Waals surface area contributed by atoms with Crippen molar-refractivity contribution in [1.29, 1.82) is 0 Å². The molecule has 0 aliphatic carbocycles. The highest BCUT2D eigenvalue weighted by molar-refractivity contribution is 6.31. The molecular formula is C12H14ClFN2O3. The topological polar surface area (TPSA) is 66.6 Å². The minimum absolute atomic E-state index is 0.116. The van der Waals surface area contributed by atoms with E-state index < -0.39 is 10.7 Å². The van der Waals surface area contributed by atoms with Crippen LogP contribution in [0.5, 0.6) is 0 Å². The van der Waals surface area contributed by atoms with E-state index in [-0.39, 0.29) is 28.9 Å². The van der Waals surface area contributed by atoms with E-state index in [2.05, 4.69) is 0 Å². The lowest BCUT2D eigenvalue weighted by Gasteiger charge is -2.32. The highest BCUT2D eigenvalue weighted by atomic mass is 35.5. The first kappa shape index (κ1) is 14.0. The number of hydrogen-bond acceptors (Lipinski definition) is 4. The molecule has 104 valence electrons. The van der Waals surface area contributed by atoms with Crippen molar-refractivity contribution in [2.75, 3.05) is 24.6 Å². The minimum Gasteiger partial charge on any atom is -0.396 e. The van der Waals surface area contributed by atoms with Crippen molar-refractivity contribution in [3.63, 3.8) is 0 Å². The van der Waals surface area contributed by atoms with Crippen molar-refractivity contribution < 1.29 is 14.4 Å². The van der Waals surface area contributed by atoms with Crippen LogP contribution in [0.2, 0.25) is 5.02 Å². The summed E-state index contributed by atoms with van der Waals surface area (Å²) in [5.74, 6) is -0.445. The zero-order valence-electron chi connectivity index (χ0n) is 10.2. The minimum atomic E-state index is -0.661. The lowest BCUT2D eigenvalue weighted by molar-refractivity contribution is -0.384. The van der Waals surface area contributed by atoms with Gasteiger partial charge in [-0.3, -0.25) is 10.1 Å². The lowest BCUT2D eigenvalue weighted by atomic mass is 9.97. The van der Waals surface area contributed by atoms with Gasteiger partial charge in [-0.15, -0.1) is 0 Å². The molecule has 1 fully saturated rings. The smallest absolute Gasteiger partial charge is 0.294 e. The Bertz CT molecular complexity index is 490. The van der Waals surface area contributed by atoms with Crippen LogP contribution in [-0.4, -0.2) is 29.7 Å². The molecular weight excluding hydrogens is 275 g/mol. The highest BCUT2D eigenvalue weighted by Gasteiger charge is 2.26. The molecule has 0 aromatic heterocycles. The predicted octanol–water partition coefficient (Wildman–Crippen LogP) is 2.60. The molecule has 1 saturated heterocycles. The summed E-state index contributed by atoms with van der Waals surface area (Å²) in [6.45, 7) is 1.24. The maximum absolute atomic E-state index is 13.5. The Balaban J connectivity index is 2.29. The van der Waals surface area contributed by atoms with Gasteiger partial charge in [0.2, 0.25) is 0 Å². The van der Waals surface area contributed by atoms with Gasteiger partial charge in [-0.1, -0.05) is 11.6 Å². The number of rotatable bonds is 3. The molecule has 0 radical (unpaired) electrons. The van der Waals surface area contributed by atoms with E-state index in [0.29, 0.717) is 13.1 Å². The number of aliphatic hydroxyl groups excluding tert-OH is 1. The SMILES string of the molecule is O=[N+]([O-])c1cc(Cl)c(F)cc1N1CCC(CO)CC1. The number of anilines is 1. The fraction of sp³-hybridized carbons (Fsp3) is 0.500. The maximum atomic E-state index is 13.5. The third-order valence-corrected chi connectivity index (χ3v) is 3.72. The van der Waals surface area contributed by atoms with Crippen LogP contribution in [0.15, 0.2) is 12.1 Å². The summed E-state index contributed by atoms with van der Waals surface area (Å²) < 4.78 is 13.5. The van der Waals surface area contributed by atoms with Crippen molar-refractivity contribution in [3.05, 3.63) is 33.1 Å². The van der Waals surface area contributed by atoms with Crippen LogP contribution in [0.25, 0.3) is 0 Å². The van der Waals surface area contributed by atoms with Crippen LogP contribution in [0.1, 0.15) is 12.8 Å². The Morgan fingerprint density at radius 2 is 2.11 bits per heavy atom. The molecule has 1 aromatic carbocycles. The molecule has 1 aliphatic rings. The van der Waals surface area contributed by atoms with Gasteiger partial charge in [-0.2, -0.15) is 0 Å². The molecule has 0 unspecified atom stereocenters. The molecule has 0 bridgehead atoms. The summed E-state index contributed by atoms with van der Waals surface area (Å²) in [4.78, 5) is 12.2. The number of nitro benzene ring substituents is 1. The Morgan fingerprint density at radius 1 is 1.47 bits per heavy atom. The second-order valence-electron chi connectivity index (χ2n) is 4.63. The predicted molar refractivity (Wildman–Crippen MR) is 70.1 cm³/mol. The van der Waals surface area contributed by atoms with Crippen LogP contribution in [0.4, 0.5) is 15.8 Å². The van der Waals surface area contributed by atoms with Crippen LogP contribution >= 0.6 is 11.6 Å². The summed E-state index contributed by atoms with van der Waals surface area (Å²) in [7, 11) is 0. The first-order chi connectivity index (χ1) is 9.02. The molecule has 0 amide bonds. The van der Waals surface area contributed by atoms with E-state index >= 15 is 0 Å². The van der Waals surface area contributed by atoms with Crippen molar-refractivity contribution >= 4 is 23.0 Å². The zero-order valence-corrected chi connectivity index (χ0v) is 10.9. The van der Waals surface area contributed by atoms with Gasteiger partial charge in [-0.25, -0.2) is 4.39 Å². The number of hydrogen-bond donors (Lipinski definition) is 1. The van der Waals surface area contributed by atoms with Gasteiger partial charge in [0, 0.05) is 31.8 Å². The van der Waals surface area contributed by atoms with Crippen molar-refractivity contribution in [2.45, 2.75) is 12.8 Å². The van der Waals surface area contributed by atoms with E-state index in [4.69, 9.17) is 16.7 Å². The number of benzene rings is 1. The van der Waals surface area contributed by atoms with Gasteiger partial charge in [0.25, 0.3) is 5.69 Å². The Labute approximate surface area is 114 Å². The second kappa shape index (κ2) is 5.71. The molecule has 5 nitrogen and oxygen atoms in total. The number of piperidine rings is 1. The van der Waals surface area contributed by atoms with Crippen LogP contribution in [-0.2, 0) is 0 Å². The number of nitro groups is 1. The first-order valence-electron chi connectivity index (χ1n) is 6.02. The van der Waals surface area contributed by atoms with E-state index in [1.165, 1.54) is 0 Å². The van der Waals surface area contributed by atoms with E-state index in [0.717, 1.165) is 25.0 Å². The summed E-state index contributed by atoms with van der Waals surface area (Å²) >= 11 is 5.58. The average molecular weight is 289 g/mol. The van der Waals surface area contributed by atoms with Gasteiger partial charge in [0.1, 0.15) is 11.5 Å². The second-order valence-corrected chi connectivity index (χ2v) is 5.03. The standard InChI is InChI=1S/C12H14ClFN2O3/c13-9-5-12(16(18)19)11(6-10(9)14)15-3-1-8(7-17)2-4-15/h5-6,8,17H,1-4,7H2. The van der Waals surface area contributed by atoms with Gasteiger partial charge < -0.3 is 10.0 Å². The summed E-state index contributed by atoms with van der Waals surface area (Å²) in [6, 6.07) is 2.16. The summed E-state index contributed by atoms with van der Waals surface area (Å²) in [5, 5.41) is 19.8. The van der Waals surface area contributed by atoms with Gasteiger partial charge >= 0.3 is 0 Å². The third-order valence-electron chi connectivity index (χ3n) is 3.43. The molecule has 1 aromatic rings. The largest absolute Gasteiger partial charge is 0.396 e. The Kier molecular flexibility index (Phi) is 4.21. The summed E-state index contributed by atoms with van der Waals surface area (Å²) in [6.07, 6.45) is 1.47. The molecule has 0 saturated carbocycles. The van der Waals surface area contributed by atoms with E-state index in [9.17, 15) is 14.5 Å². The van der Waals surface area contributed by atoms with Gasteiger partial charge in [0.05, 0.1) is 9.95 Å². The van der Waals surface area contributed by atoms with Gasteiger partial charge in [0.15, 0.2) is 0 Å². The van der Waals surface area contributed by atoms with Crippen LogP contribution < -0.4 is 4.90 Å². The third kappa shape index (κ3) is 2.96. The molecule has 0 atom stereocenters. The van der Waals surface area contributed by atoms with E-state index in [1.807, 2.05) is 0 Å². The Morgan fingerprint density at radius 3 is 2.63 bits per heavy atom. The first-order valence-corrected chi connectivity index (χ1v) is 6.40. The molecule has 0 spiro atoms. The van der Waals surface area contributed by atoms with Gasteiger partial charge in [-0.05, 0) is 18.8 Å². The quantitative estimate of drug-likeness (QED) is 0.686. The number of halogens is 2. The molecule has 1 N–H and O–H groups in total. The van der Waals surface area contributed by atoms with E-state index in [1.54, 1.807) is 4.90 Å². The molecule has 1 aliphatic heterocycles. The number of aliphatic hydroxyl groups is 1. The monoisotopic (exact) mass is 288 g/mol. The van der Waals surface area contributed by atoms with Crippen molar-refractivity contribution in [3.8, 4) is 0 Å². The average Bonchev–Trinajstić information content (AvgIpc) is 2.41. The number of nitrogens with zero attached hydrogens (tertiary/aromatic N) is 2. The Hall–Kier alpha value is -1.40.